The molecule has 0 bridgehead atoms. The molecule has 0 saturated heterocycles. The summed E-state index contributed by atoms with van der Waals surface area (Å²) in [6, 6.07) is 7.40. The third kappa shape index (κ3) is 4.37. The molecule has 1 fully saturated rings. The van der Waals surface area contributed by atoms with Gasteiger partial charge in [-0.05, 0) is 44.0 Å². The Balaban J connectivity index is 1.83. The van der Waals surface area contributed by atoms with E-state index in [1.165, 1.54) is 0 Å². The van der Waals surface area contributed by atoms with Crippen LogP contribution >= 0.6 is 0 Å². The van der Waals surface area contributed by atoms with Crippen molar-refractivity contribution < 1.29 is 9.59 Å². The van der Waals surface area contributed by atoms with E-state index >= 15 is 0 Å². The number of benzene rings is 1. The van der Waals surface area contributed by atoms with Crippen LogP contribution in [-0.4, -0.2) is 30.9 Å². The number of carbonyl (C=O) groups excluding carboxylic acids is 2. The van der Waals surface area contributed by atoms with Crippen molar-refractivity contribution in [1.82, 2.24) is 10.6 Å². The molecule has 5 heteroatoms. The molecule has 1 aliphatic carbocycles. The van der Waals surface area contributed by atoms with E-state index < -0.39 is 0 Å². The minimum Gasteiger partial charge on any atom is -0.352 e. The average molecular weight is 261 g/mol. The van der Waals surface area contributed by atoms with E-state index in [0.29, 0.717) is 30.4 Å². The highest BCUT2D eigenvalue weighted by Gasteiger charge is 2.21. The van der Waals surface area contributed by atoms with E-state index in [1.54, 1.807) is 24.3 Å². The Kier molecular flexibility index (Phi) is 4.52. The van der Waals surface area contributed by atoms with Crippen molar-refractivity contribution in [3.8, 4) is 0 Å². The second kappa shape index (κ2) is 6.33. The van der Waals surface area contributed by atoms with E-state index in [1.807, 2.05) is 6.92 Å². The number of carbonyl (C=O) groups is 2. The quantitative estimate of drug-likeness (QED) is 0.719. The first-order valence-electron chi connectivity index (χ1n) is 6.60. The molecule has 3 N–H and O–H groups in total. The summed E-state index contributed by atoms with van der Waals surface area (Å²) in [5, 5.41) is 8.66. The van der Waals surface area contributed by atoms with Crippen molar-refractivity contribution in [3.05, 3.63) is 29.8 Å². The van der Waals surface area contributed by atoms with Crippen molar-refractivity contribution in [2.75, 3.05) is 18.4 Å². The molecule has 0 radical (unpaired) electrons. The normalized spacial score (nSPS) is 13.9. The Morgan fingerprint density at radius 3 is 2.47 bits per heavy atom. The zero-order chi connectivity index (χ0) is 13.7. The molecule has 0 atom stereocenters. The second-order valence-electron chi connectivity index (χ2n) is 4.64. The zero-order valence-corrected chi connectivity index (χ0v) is 11.0. The predicted octanol–water partition coefficient (Wildman–Crippen LogP) is 1.13. The fourth-order valence-electron chi connectivity index (χ4n) is 1.70. The smallest absolute Gasteiger partial charge is 0.251 e. The van der Waals surface area contributed by atoms with E-state index in [0.717, 1.165) is 12.8 Å². The summed E-state index contributed by atoms with van der Waals surface area (Å²) in [6.45, 7) is 2.81. The molecule has 5 nitrogen and oxygen atoms in total. The third-order valence-electron chi connectivity index (χ3n) is 2.90. The summed E-state index contributed by atoms with van der Waals surface area (Å²) in [5.74, 6) is -0.159. The maximum atomic E-state index is 11.6. The average Bonchev–Trinajstić information content (AvgIpc) is 3.21. The minimum atomic E-state index is -0.101. The van der Waals surface area contributed by atoms with E-state index in [2.05, 4.69) is 16.0 Å². The van der Waals surface area contributed by atoms with Gasteiger partial charge in [-0.25, -0.2) is 0 Å². The number of amides is 2. The van der Waals surface area contributed by atoms with Crippen LogP contribution < -0.4 is 16.0 Å². The molecule has 0 aromatic heterocycles. The standard InChI is InChI=1S/C14H19N3O2/c1-2-15-14(19)10-3-5-12(6-4-10)17-13(18)9-16-11-7-8-11/h3-6,11,16H,2,7-9H2,1H3,(H,15,19)(H,17,18). The van der Waals surface area contributed by atoms with Crippen LogP contribution in [0.4, 0.5) is 5.69 Å². The molecule has 1 saturated carbocycles. The molecule has 0 unspecified atom stereocenters. The molecule has 1 aromatic carbocycles. The number of nitrogens with one attached hydrogen (secondary N) is 3. The van der Waals surface area contributed by atoms with Gasteiger partial charge in [0.1, 0.15) is 0 Å². The lowest BCUT2D eigenvalue weighted by Gasteiger charge is -2.07. The molecule has 0 heterocycles. The van der Waals surface area contributed by atoms with Crippen molar-refractivity contribution in [2.24, 2.45) is 0 Å². The minimum absolute atomic E-state index is 0.0577. The van der Waals surface area contributed by atoms with Gasteiger partial charge in [0.2, 0.25) is 5.91 Å². The zero-order valence-electron chi connectivity index (χ0n) is 11.0. The SMILES string of the molecule is CCNC(=O)c1ccc(NC(=O)CNC2CC2)cc1. The molecular formula is C14H19N3O2. The van der Waals surface area contributed by atoms with Crippen LogP contribution in [0.15, 0.2) is 24.3 Å². The lowest BCUT2D eigenvalue weighted by molar-refractivity contribution is -0.115. The maximum Gasteiger partial charge on any atom is 0.251 e. The third-order valence-corrected chi connectivity index (χ3v) is 2.90. The van der Waals surface area contributed by atoms with Gasteiger partial charge in [-0.1, -0.05) is 0 Å². The number of hydrogen-bond acceptors (Lipinski definition) is 3. The van der Waals surface area contributed by atoms with Gasteiger partial charge in [0.15, 0.2) is 0 Å². The molecular weight excluding hydrogens is 242 g/mol. The summed E-state index contributed by atoms with van der Waals surface area (Å²) in [7, 11) is 0. The Hall–Kier alpha value is -1.88. The van der Waals surface area contributed by atoms with Gasteiger partial charge in [-0.2, -0.15) is 0 Å². The molecule has 102 valence electrons. The van der Waals surface area contributed by atoms with Crippen LogP contribution in [0.25, 0.3) is 0 Å². The van der Waals surface area contributed by atoms with Crippen LogP contribution in [0.5, 0.6) is 0 Å². The molecule has 1 aromatic rings. The van der Waals surface area contributed by atoms with Gasteiger partial charge in [0, 0.05) is 23.8 Å². The second-order valence-corrected chi connectivity index (χ2v) is 4.64. The van der Waals surface area contributed by atoms with Crippen LogP contribution in [0, 0.1) is 0 Å². The van der Waals surface area contributed by atoms with Crippen LogP contribution in [0.3, 0.4) is 0 Å². The summed E-state index contributed by atoms with van der Waals surface area (Å²) in [4.78, 5) is 23.2. The van der Waals surface area contributed by atoms with Crippen molar-refractivity contribution in [1.29, 1.82) is 0 Å². The highest BCUT2D eigenvalue weighted by Crippen LogP contribution is 2.18. The molecule has 2 amide bonds. The van der Waals surface area contributed by atoms with E-state index in [-0.39, 0.29) is 11.8 Å². The fraction of sp³-hybridized carbons (Fsp3) is 0.429. The Labute approximate surface area is 112 Å². The van der Waals surface area contributed by atoms with Crippen molar-refractivity contribution in [3.63, 3.8) is 0 Å². The molecule has 1 aliphatic rings. The van der Waals surface area contributed by atoms with Crippen LogP contribution in [0.1, 0.15) is 30.1 Å². The molecule has 0 spiro atoms. The highest BCUT2D eigenvalue weighted by molar-refractivity contribution is 5.96. The van der Waals surface area contributed by atoms with Gasteiger partial charge in [0.05, 0.1) is 6.54 Å². The monoisotopic (exact) mass is 261 g/mol. The van der Waals surface area contributed by atoms with E-state index in [9.17, 15) is 9.59 Å². The highest BCUT2D eigenvalue weighted by atomic mass is 16.2. The first-order valence-corrected chi connectivity index (χ1v) is 6.60. The largest absolute Gasteiger partial charge is 0.352 e. The Morgan fingerprint density at radius 1 is 1.21 bits per heavy atom. The lowest BCUT2D eigenvalue weighted by Crippen LogP contribution is -2.29. The van der Waals surface area contributed by atoms with Gasteiger partial charge >= 0.3 is 0 Å². The number of hydrogen-bond donors (Lipinski definition) is 3. The van der Waals surface area contributed by atoms with Crippen molar-refractivity contribution in [2.45, 2.75) is 25.8 Å². The Bertz CT molecular complexity index is 452. The molecule has 0 aliphatic heterocycles. The first kappa shape index (κ1) is 13.5. The first-order chi connectivity index (χ1) is 9.19. The fourth-order valence-corrected chi connectivity index (χ4v) is 1.70. The lowest BCUT2D eigenvalue weighted by atomic mass is 10.2. The van der Waals surface area contributed by atoms with Gasteiger partial charge in [0.25, 0.3) is 5.91 Å². The molecule has 2 rings (SSSR count). The predicted molar refractivity (Wildman–Crippen MR) is 74.1 cm³/mol. The summed E-state index contributed by atoms with van der Waals surface area (Å²) in [6.07, 6.45) is 2.32. The van der Waals surface area contributed by atoms with Crippen LogP contribution in [0.2, 0.25) is 0 Å². The topological polar surface area (TPSA) is 70.2 Å². The van der Waals surface area contributed by atoms with Crippen molar-refractivity contribution >= 4 is 17.5 Å². The van der Waals surface area contributed by atoms with Gasteiger partial charge in [-0.3, -0.25) is 9.59 Å². The van der Waals surface area contributed by atoms with Gasteiger partial charge in [-0.15, -0.1) is 0 Å². The summed E-state index contributed by atoms with van der Waals surface area (Å²) < 4.78 is 0. The Morgan fingerprint density at radius 2 is 1.89 bits per heavy atom. The summed E-state index contributed by atoms with van der Waals surface area (Å²) >= 11 is 0. The number of rotatable bonds is 6. The van der Waals surface area contributed by atoms with E-state index in [4.69, 9.17) is 0 Å². The van der Waals surface area contributed by atoms with Gasteiger partial charge < -0.3 is 16.0 Å². The number of anilines is 1. The summed E-state index contributed by atoms with van der Waals surface area (Å²) in [5.41, 5.74) is 1.30. The maximum absolute atomic E-state index is 11.6. The molecule has 19 heavy (non-hydrogen) atoms. The van der Waals surface area contributed by atoms with Crippen LogP contribution in [-0.2, 0) is 4.79 Å².